The first kappa shape index (κ1) is 20.2. The molecule has 0 fully saturated rings. The van der Waals surface area contributed by atoms with E-state index in [0.717, 1.165) is 26.8 Å². The molecule has 5 rings (SSSR count). The Morgan fingerprint density at radius 2 is 1.87 bits per heavy atom. The number of hydrogen-bond acceptors (Lipinski definition) is 7. The van der Waals surface area contributed by atoms with E-state index < -0.39 is 0 Å². The van der Waals surface area contributed by atoms with Crippen molar-refractivity contribution in [1.82, 2.24) is 19.7 Å². The van der Waals surface area contributed by atoms with Crippen LogP contribution in [0.1, 0.15) is 19.9 Å². The first-order chi connectivity index (χ1) is 15.1. The minimum Gasteiger partial charge on any atom is -0.301 e. The fourth-order valence-electron chi connectivity index (χ4n) is 3.39. The van der Waals surface area contributed by atoms with E-state index >= 15 is 0 Å². The molecule has 6 nitrogen and oxygen atoms in total. The van der Waals surface area contributed by atoms with Gasteiger partial charge < -0.3 is 5.32 Å². The Hall–Kier alpha value is -2.75. The van der Waals surface area contributed by atoms with Crippen LogP contribution < -0.4 is 5.32 Å². The zero-order valence-corrected chi connectivity index (χ0v) is 19.4. The minimum atomic E-state index is -0.107. The highest BCUT2D eigenvalue weighted by atomic mass is 32.2. The maximum Gasteiger partial charge on any atom is 0.236 e. The van der Waals surface area contributed by atoms with Gasteiger partial charge in [-0.15, -0.1) is 21.5 Å². The number of thiophene rings is 1. The summed E-state index contributed by atoms with van der Waals surface area (Å²) in [6.45, 7) is 4.21. The van der Waals surface area contributed by atoms with Crippen LogP contribution in [0.25, 0.3) is 31.7 Å². The summed E-state index contributed by atoms with van der Waals surface area (Å²) in [6, 6.07) is 16.3. The topological polar surface area (TPSA) is 72.7 Å². The Bertz CT molecular complexity index is 1350. The monoisotopic (exact) mass is 465 g/mol. The molecule has 0 saturated carbocycles. The van der Waals surface area contributed by atoms with Gasteiger partial charge in [-0.2, -0.15) is 0 Å². The van der Waals surface area contributed by atoms with Gasteiger partial charge in [0.05, 0.1) is 16.0 Å². The van der Waals surface area contributed by atoms with Crippen LogP contribution in [0.5, 0.6) is 0 Å². The summed E-state index contributed by atoms with van der Waals surface area (Å²) in [5.74, 6) is 0.969. The fraction of sp³-hybridized carbons (Fsp3) is 0.182. The standard InChI is InChI=1S/C22H19N5OS3/c1-13(2)27-20(15-11-29-17-9-5-3-7-14(15)17)25-26-22(27)30-12-19(28)24-21-23-16-8-4-6-10-18(16)31-21/h3-11,13H,12H2,1-2H3,(H,23,24,28). The predicted molar refractivity (Wildman–Crippen MR) is 130 cm³/mol. The Labute approximate surface area is 191 Å². The summed E-state index contributed by atoms with van der Waals surface area (Å²) in [5, 5.41) is 16.4. The van der Waals surface area contributed by atoms with Crippen molar-refractivity contribution in [3.8, 4) is 11.4 Å². The molecule has 0 unspecified atom stereocenters. The summed E-state index contributed by atoms with van der Waals surface area (Å²) in [6.07, 6.45) is 0. The molecule has 0 bridgehead atoms. The second-order valence-electron chi connectivity index (χ2n) is 7.24. The van der Waals surface area contributed by atoms with E-state index in [1.165, 1.54) is 33.2 Å². The number of carbonyl (C=O) groups is 1. The van der Waals surface area contributed by atoms with Crippen molar-refractivity contribution in [2.75, 3.05) is 11.1 Å². The third kappa shape index (κ3) is 3.96. The molecule has 5 aromatic rings. The van der Waals surface area contributed by atoms with Gasteiger partial charge in [0.1, 0.15) is 0 Å². The van der Waals surface area contributed by atoms with Crippen LogP contribution >= 0.6 is 34.4 Å². The molecular formula is C22H19N5OS3. The van der Waals surface area contributed by atoms with Gasteiger partial charge in [0.2, 0.25) is 5.91 Å². The minimum absolute atomic E-state index is 0.107. The number of rotatable bonds is 6. The van der Waals surface area contributed by atoms with Crippen LogP contribution in [0.4, 0.5) is 5.13 Å². The normalized spacial score (nSPS) is 11.6. The highest BCUT2D eigenvalue weighted by Crippen LogP contribution is 2.36. The lowest BCUT2D eigenvalue weighted by Gasteiger charge is -2.13. The maximum absolute atomic E-state index is 12.5. The number of para-hydroxylation sites is 1. The average molecular weight is 466 g/mol. The van der Waals surface area contributed by atoms with E-state index in [-0.39, 0.29) is 17.7 Å². The summed E-state index contributed by atoms with van der Waals surface area (Å²) >= 11 is 4.57. The van der Waals surface area contributed by atoms with Crippen molar-refractivity contribution in [3.63, 3.8) is 0 Å². The second kappa shape index (κ2) is 8.41. The molecule has 1 amide bonds. The predicted octanol–water partition coefficient (Wildman–Crippen LogP) is 6.08. The fourth-order valence-corrected chi connectivity index (χ4v) is 6.08. The van der Waals surface area contributed by atoms with Crippen molar-refractivity contribution in [1.29, 1.82) is 0 Å². The highest BCUT2D eigenvalue weighted by Gasteiger charge is 2.20. The van der Waals surface area contributed by atoms with E-state index in [9.17, 15) is 4.79 Å². The molecule has 0 aliphatic heterocycles. The Kier molecular flexibility index (Phi) is 5.47. The Morgan fingerprint density at radius 3 is 2.68 bits per heavy atom. The van der Waals surface area contributed by atoms with E-state index in [0.29, 0.717) is 5.13 Å². The van der Waals surface area contributed by atoms with Crippen LogP contribution in [-0.2, 0) is 4.79 Å². The number of amides is 1. The number of benzene rings is 2. The van der Waals surface area contributed by atoms with Crippen LogP contribution in [0.2, 0.25) is 0 Å². The number of thioether (sulfide) groups is 1. The van der Waals surface area contributed by atoms with Gasteiger partial charge in [0.15, 0.2) is 16.1 Å². The van der Waals surface area contributed by atoms with Crippen LogP contribution in [-0.4, -0.2) is 31.4 Å². The van der Waals surface area contributed by atoms with Gasteiger partial charge in [-0.1, -0.05) is 53.4 Å². The number of aromatic nitrogens is 4. The molecule has 0 radical (unpaired) electrons. The summed E-state index contributed by atoms with van der Waals surface area (Å²) in [7, 11) is 0. The lowest BCUT2D eigenvalue weighted by atomic mass is 10.1. The molecule has 0 atom stereocenters. The van der Waals surface area contributed by atoms with E-state index in [1.807, 2.05) is 36.4 Å². The number of nitrogens with one attached hydrogen (secondary N) is 1. The number of fused-ring (bicyclic) bond motifs is 2. The number of nitrogens with zero attached hydrogens (tertiary/aromatic N) is 4. The van der Waals surface area contributed by atoms with E-state index in [2.05, 4.69) is 56.4 Å². The number of carbonyl (C=O) groups excluding carboxylic acids is 1. The third-order valence-corrected chi connectivity index (χ3v) is 7.63. The van der Waals surface area contributed by atoms with Gasteiger partial charge >= 0.3 is 0 Å². The summed E-state index contributed by atoms with van der Waals surface area (Å²) < 4.78 is 4.38. The lowest BCUT2D eigenvalue weighted by molar-refractivity contribution is -0.113. The molecule has 156 valence electrons. The third-order valence-electron chi connectivity index (χ3n) is 4.78. The first-order valence-electron chi connectivity index (χ1n) is 9.80. The number of hydrogen-bond donors (Lipinski definition) is 1. The van der Waals surface area contributed by atoms with Gasteiger partial charge in [-0.3, -0.25) is 9.36 Å². The molecule has 0 saturated heterocycles. The molecule has 9 heteroatoms. The molecule has 1 N–H and O–H groups in total. The highest BCUT2D eigenvalue weighted by molar-refractivity contribution is 7.99. The molecular weight excluding hydrogens is 446 g/mol. The molecule has 0 spiro atoms. The Balaban J connectivity index is 1.35. The van der Waals surface area contributed by atoms with Crippen molar-refractivity contribution < 1.29 is 4.79 Å². The average Bonchev–Trinajstić information content (AvgIpc) is 3.47. The lowest BCUT2D eigenvalue weighted by Crippen LogP contribution is -2.14. The summed E-state index contributed by atoms with van der Waals surface area (Å²) in [4.78, 5) is 17.0. The number of anilines is 1. The smallest absolute Gasteiger partial charge is 0.236 e. The molecule has 3 heterocycles. The zero-order valence-electron chi connectivity index (χ0n) is 16.9. The van der Waals surface area contributed by atoms with E-state index in [4.69, 9.17) is 0 Å². The quantitative estimate of drug-likeness (QED) is 0.308. The zero-order chi connectivity index (χ0) is 21.4. The maximum atomic E-state index is 12.5. The van der Waals surface area contributed by atoms with Gasteiger partial charge in [-0.05, 0) is 32.0 Å². The van der Waals surface area contributed by atoms with Crippen molar-refractivity contribution in [2.45, 2.75) is 25.0 Å². The molecule has 2 aromatic carbocycles. The Morgan fingerprint density at radius 1 is 1.10 bits per heavy atom. The van der Waals surface area contributed by atoms with E-state index in [1.54, 1.807) is 11.3 Å². The van der Waals surface area contributed by atoms with Crippen molar-refractivity contribution in [3.05, 3.63) is 53.9 Å². The van der Waals surface area contributed by atoms with Crippen LogP contribution in [0.3, 0.4) is 0 Å². The number of thiazole rings is 1. The molecule has 31 heavy (non-hydrogen) atoms. The largest absolute Gasteiger partial charge is 0.301 e. The van der Waals surface area contributed by atoms with Crippen LogP contribution in [0.15, 0.2) is 59.1 Å². The second-order valence-corrected chi connectivity index (χ2v) is 10.1. The van der Waals surface area contributed by atoms with Crippen LogP contribution in [0, 0.1) is 0 Å². The molecule has 0 aliphatic carbocycles. The first-order valence-corrected chi connectivity index (χ1v) is 12.5. The summed E-state index contributed by atoms with van der Waals surface area (Å²) in [5.41, 5.74) is 1.97. The van der Waals surface area contributed by atoms with Crippen molar-refractivity contribution >= 4 is 65.8 Å². The van der Waals surface area contributed by atoms with Gasteiger partial charge in [-0.25, -0.2) is 4.98 Å². The van der Waals surface area contributed by atoms with Gasteiger partial charge in [0, 0.05) is 27.1 Å². The molecule has 3 aromatic heterocycles. The molecule has 0 aliphatic rings. The van der Waals surface area contributed by atoms with Crippen molar-refractivity contribution in [2.24, 2.45) is 0 Å². The SMILES string of the molecule is CC(C)n1c(SCC(=O)Nc2nc3ccccc3s2)nnc1-c1csc2ccccc12. The van der Waals surface area contributed by atoms with Gasteiger partial charge in [0.25, 0.3) is 0 Å².